The molecular formula is C23H27NO4. The van der Waals surface area contributed by atoms with E-state index in [9.17, 15) is 4.79 Å². The van der Waals surface area contributed by atoms with Crippen molar-refractivity contribution in [2.24, 2.45) is 0 Å². The van der Waals surface area contributed by atoms with Crippen molar-refractivity contribution in [1.82, 2.24) is 4.90 Å². The Morgan fingerprint density at radius 1 is 0.964 bits per heavy atom. The Kier molecular flexibility index (Phi) is 5.70. The summed E-state index contributed by atoms with van der Waals surface area (Å²) in [5, 5.41) is 0. The molecule has 0 aliphatic carbocycles. The van der Waals surface area contributed by atoms with Crippen molar-refractivity contribution in [2.75, 3.05) is 26.9 Å². The molecular weight excluding hydrogens is 354 g/mol. The molecule has 2 aliphatic heterocycles. The zero-order valence-corrected chi connectivity index (χ0v) is 16.4. The molecule has 5 heteroatoms. The van der Waals surface area contributed by atoms with Crippen LogP contribution in [0, 0.1) is 0 Å². The van der Waals surface area contributed by atoms with E-state index in [4.69, 9.17) is 14.2 Å². The third-order valence-corrected chi connectivity index (χ3v) is 5.51. The zero-order valence-electron chi connectivity index (χ0n) is 16.4. The van der Waals surface area contributed by atoms with Crippen molar-refractivity contribution in [2.45, 2.75) is 38.1 Å². The molecule has 0 saturated carbocycles. The molecule has 5 nitrogen and oxygen atoms in total. The van der Waals surface area contributed by atoms with E-state index in [2.05, 4.69) is 12.1 Å². The Bertz CT molecular complexity index is 818. The molecule has 4 rings (SSSR count). The van der Waals surface area contributed by atoms with Crippen molar-refractivity contribution >= 4 is 5.91 Å². The van der Waals surface area contributed by atoms with Gasteiger partial charge in [-0.05, 0) is 48.7 Å². The van der Waals surface area contributed by atoms with E-state index in [1.54, 1.807) is 7.11 Å². The van der Waals surface area contributed by atoms with Crippen LogP contribution in [0.25, 0.3) is 0 Å². The van der Waals surface area contributed by atoms with Crippen LogP contribution in [0.3, 0.4) is 0 Å². The second kappa shape index (κ2) is 8.55. The quantitative estimate of drug-likeness (QED) is 0.779. The maximum Gasteiger partial charge on any atom is 0.254 e. The van der Waals surface area contributed by atoms with Crippen molar-refractivity contribution < 1.29 is 19.0 Å². The third-order valence-electron chi connectivity index (χ3n) is 5.51. The van der Waals surface area contributed by atoms with Crippen LogP contribution in [0.2, 0.25) is 0 Å². The molecule has 0 N–H and O–H groups in total. The summed E-state index contributed by atoms with van der Waals surface area (Å²) in [6, 6.07) is 13.7. The summed E-state index contributed by atoms with van der Waals surface area (Å²) >= 11 is 0. The van der Waals surface area contributed by atoms with Crippen LogP contribution >= 0.6 is 0 Å². The van der Waals surface area contributed by atoms with Gasteiger partial charge in [0, 0.05) is 18.5 Å². The van der Waals surface area contributed by atoms with Gasteiger partial charge in [0.25, 0.3) is 5.91 Å². The van der Waals surface area contributed by atoms with Crippen LogP contribution in [-0.4, -0.2) is 37.7 Å². The van der Waals surface area contributed by atoms with Gasteiger partial charge in [-0.25, -0.2) is 0 Å². The van der Waals surface area contributed by atoms with E-state index in [0.29, 0.717) is 24.5 Å². The van der Waals surface area contributed by atoms with Gasteiger partial charge in [-0.3, -0.25) is 4.79 Å². The SMILES string of the molecule is COc1ccc([C@H]2CCCCCN2C(=O)c2ccc3c(c2)OCCCO3)cc1. The normalized spacial score (nSPS) is 19.5. The predicted octanol–water partition coefficient (Wildman–Crippen LogP) is 4.61. The summed E-state index contributed by atoms with van der Waals surface area (Å²) in [6.07, 6.45) is 5.13. The Labute approximate surface area is 166 Å². The minimum absolute atomic E-state index is 0.0540. The molecule has 1 amide bonds. The number of ether oxygens (including phenoxy) is 3. The van der Waals surface area contributed by atoms with Crippen LogP contribution in [0.15, 0.2) is 42.5 Å². The molecule has 28 heavy (non-hydrogen) atoms. The molecule has 2 aromatic rings. The molecule has 2 aliphatic rings. The van der Waals surface area contributed by atoms with Crippen molar-refractivity contribution in [3.05, 3.63) is 53.6 Å². The highest BCUT2D eigenvalue weighted by atomic mass is 16.5. The number of methoxy groups -OCH3 is 1. The summed E-state index contributed by atoms with van der Waals surface area (Å²) in [6.45, 7) is 2.03. The molecule has 148 valence electrons. The highest BCUT2D eigenvalue weighted by Gasteiger charge is 2.28. The van der Waals surface area contributed by atoms with Crippen molar-refractivity contribution in [3.8, 4) is 17.2 Å². The Hall–Kier alpha value is -2.69. The average molecular weight is 381 g/mol. The van der Waals surface area contributed by atoms with Crippen LogP contribution in [0.1, 0.15) is 54.1 Å². The fraction of sp³-hybridized carbons (Fsp3) is 0.435. The largest absolute Gasteiger partial charge is 0.497 e. The molecule has 0 bridgehead atoms. The van der Waals surface area contributed by atoms with E-state index in [1.165, 1.54) is 0 Å². The summed E-state index contributed by atoms with van der Waals surface area (Å²) in [5.41, 5.74) is 1.81. The lowest BCUT2D eigenvalue weighted by Crippen LogP contribution is -2.34. The number of rotatable bonds is 3. The van der Waals surface area contributed by atoms with Gasteiger partial charge in [-0.1, -0.05) is 25.0 Å². The Morgan fingerprint density at radius 3 is 2.54 bits per heavy atom. The number of benzene rings is 2. The summed E-state index contributed by atoms with van der Waals surface area (Å²) in [4.78, 5) is 15.5. The minimum Gasteiger partial charge on any atom is -0.497 e. The number of likely N-dealkylation sites (tertiary alicyclic amines) is 1. The first-order valence-electron chi connectivity index (χ1n) is 10.1. The van der Waals surface area contributed by atoms with Gasteiger partial charge >= 0.3 is 0 Å². The fourth-order valence-electron chi connectivity index (χ4n) is 3.99. The number of hydrogen-bond donors (Lipinski definition) is 0. The molecule has 0 aromatic heterocycles. The van der Waals surface area contributed by atoms with Gasteiger partial charge in [0.05, 0.1) is 26.4 Å². The summed E-state index contributed by atoms with van der Waals surface area (Å²) in [5.74, 6) is 2.27. The van der Waals surface area contributed by atoms with Crippen molar-refractivity contribution in [1.29, 1.82) is 0 Å². The number of hydrogen-bond acceptors (Lipinski definition) is 4. The highest BCUT2D eigenvalue weighted by Crippen LogP contribution is 2.35. The highest BCUT2D eigenvalue weighted by molar-refractivity contribution is 5.95. The topological polar surface area (TPSA) is 48.0 Å². The predicted molar refractivity (Wildman–Crippen MR) is 107 cm³/mol. The van der Waals surface area contributed by atoms with Crippen LogP contribution in [0.4, 0.5) is 0 Å². The first kappa shape index (κ1) is 18.7. The first-order valence-corrected chi connectivity index (χ1v) is 10.1. The number of nitrogens with zero attached hydrogens (tertiary/aromatic N) is 1. The number of fused-ring (bicyclic) bond motifs is 1. The van der Waals surface area contributed by atoms with Gasteiger partial charge < -0.3 is 19.1 Å². The summed E-state index contributed by atoms with van der Waals surface area (Å²) < 4.78 is 16.8. The maximum atomic E-state index is 13.4. The third kappa shape index (κ3) is 3.93. The lowest BCUT2D eigenvalue weighted by molar-refractivity contribution is 0.0680. The van der Waals surface area contributed by atoms with Gasteiger partial charge in [-0.2, -0.15) is 0 Å². The second-order valence-electron chi connectivity index (χ2n) is 7.35. The minimum atomic E-state index is 0.0540. The monoisotopic (exact) mass is 381 g/mol. The van der Waals surface area contributed by atoms with Crippen LogP contribution < -0.4 is 14.2 Å². The maximum absolute atomic E-state index is 13.4. The lowest BCUT2D eigenvalue weighted by atomic mass is 10.00. The lowest BCUT2D eigenvalue weighted by Gasteiger charge is -2.31. The zero-order chi connectivity index (χ0) is 19.3. The summed E-state index contributed by atoms with van der Waals surface area (Å²) in [7, 11) is 1.67. The molecule has 0 radical (unpaired) electrons. The van der Waals surface area contributed by atoms with E-state index >= 15 is 0 Å². The molecule has 2 aromatic carbocycles. The van der Waals surface area contributed by atoms with Crippen LogP contribution in [0.5, 0.6) is 17.2 Å². The van der Waals surface area contributed by atoms with Crippen molar-refractivity contribution in [3.63, 3.8) is 0 Å². The Morgan fingerprint density at radius 2 is 1.75 bits per heavy atom. The van der Waals surface area contributed by atoms with Gasteiger partial charge in [0.1, 0.15) is 5.75 Å². The first-order chi connectivity index (χ1) is 13.8. The van der Waals surface area contributed by atoms with Crippen LogP contribution in [-0.2, 0) is 0 Å². The van der Waals surface area contributed by atoms with Gasteiger partial charge in [-0.15, -0.1) is 0 Å². The van der Waals surface area contributed by atoms with Gasteiger partial charge in [0.2, 0.25) is 0 Å². The number of amides is 1. The molecule has 0 unspecified atom stereocenters. The van der Waals surface area contributed by atoms with E-state index in [0.717, 1.165) is 55.7 Å². The molecule has 2 heterocycles. The second-order valence-corrected chi connectivity index (χ2v) is 7.35. The number of carbonyl (C=O) groups excluding carboxylic acids is 1. The molecule has 1 saturated heterocycles. The molecule has 1 fully saturated rings. The standard InChI is InChI=1S/C23H27NO4/c1-26-19-10-7-17(8-11-19)20-6-3-2-4-13-24(20)23(25)18-9-12-21-22(16-18)28-15-5-14-27-21/h7-12,16,20H,2-6,13-15H2,1H3/t20-/m1/s1. The van der Waals surface area contributed by atoms with E-state index in [-0.39, 0.29) is 11.9 Å². The average Bonchev–Trinajstić information content (AvgIpc) is 3.13. The van der Waals surface area contributed by atoms with Gasteiger partial charge in [0.15, 0.2) is 11.5 Å². The van der Waals surface area contributed by atoms with E-state index < -0.39 is 0 Å². The smallest absolute Gasteiger partial charge is 0.254 e. The fourth-order valence-corrected chi connectivity index (χ4v) is 3.99. The number of carbonyl (C=O) groups is 1. The van der Waals surface area contributed by atoms with E-state index in [1.807, 2.05) is 35.2 Å². The molecule has 1 atom stereocenters. The molecule has 0 spiro atoms. The Balaban J connectivity index is 1.62.